The number of aliphatic hydroxyl groups is 1. The molecule has 38 heavy (non-hydrogen) atoms. The van der Waals surface area contributed by atoms with Gasteiger partial charge in [0.25, 0.3) is 0 Å². The summed E-state index contributed by atoms with van der Waals surface area (Å²) in [5.41, 5.74) is -0.838. The van der Waals surface area contributed by atoms with Crippen molar-refractivity contribution >= 4 is 35.0 Å². The monoisotopic (exact) mass is 546 g/mol. The van der Waals surface area contributed by atoms with E-state index in [1.165, 1.54) is 11.3 Å². The molecule has 0 unspecified atom stereocenters. The summed E-state index contributed by atoms with van der Waals surface area (Å²) in [7, 11) is 0. The van der Waals surface area contributed by atoms with Gasteiger partial charge in [-0.1, -0.05) is 32.9 Å². The Balaban J connectivity index is 1.66. The standard InChI is InChI=1S/C27H29F3N4O3S/c1-4-5-6-16-11-17(13-18(12-16)33-24-31-10-8-21(34-24)27(28,29)30)20-14-32-23(38-20)26(37)9-7-19(22(35)36)25(2,3)15-26/h5-6,8,10-14,19,37H,4,7,9,15H2,1-3H3,(H,35,36)(H,31,33,34)/t19-,26-/m1/s1. The van der Waals surface area contributed by atoms with Crippen LogP contribution in [-0.2, 0) is 16.6 Å². The number of nitrogens with zero attached hydrogens (tertiary/aromatic N) is 3. The Bertz CT molecular complexity index is 1360. The van der Waals surface area contributed by atoms with Gasteiger partial charge in [0.1, 0.15) is 16.3 Å². The molecule has 7 nitrogen and oxygen atoms in total. The molecule has 2 aromatic heterocycles. The van der Waals surface area contributed by atoms with Crippen LogP contribution < -0.4 is 5.32 Å². The summed E-state index contributed by atoms with van der Waals surface area (Å²) >= 11 is 1.31. The minimum absolute atomic E-state index is 0.181. The highest BCUT2D eigenvalue weighted by Crippen LogP contribution is 2.51. The first-order valence-corrected chi connectivity index (χ1v) is 13.0. The maximum Gasteiger partial charge on any atom is 0.433 e. The molecule has 0 radical (unpaired) electrons. The summed E-state index contributed by atoms with van der Waals surface area (Å²) in [5.74, 6) is -1.59. The van der Waals surface area contributed by atoms with Gasteiger partial charge < -0.3 is 15.5 Å². The molecular formula is C27H29F3N4O3S. The molecule has 0 bridgehead atoms. The van der Waals surface area contributed by atoms with Crippen LogP contribution in [0.15, 0.2) is 42.7 Å². The number of thiazole rings is 1. The second kappa shape index (κ2) is 10.5. The zero-order valence-corrected chi connectivity index (χ0v) is 22.0. The third-order valence-electron chi connectivity index (χ3n) is 6.73. The Kier molecular flexibility index (Phi) is 7.62. The minimum Gasteiger partial charge on any atom is -0.481 e. The highest BCUT2D eigenvalue weighted by molar-refractivity contribution is 7.15. The third kappa shape index (κ3) is 6.05. The lowest BCUT2D eigenvalue weighted by Crippen LogP contribution is -2.44. The number of allylic oxidation sites excluding steroid dienone is 1. The number of anilines is 2. The number of alkyl halides is 3. The van der Waals surface area contributed by atoms with Gasteiger partial charge in [0, 0.05) is 18.1 Å². The second-order valence-corrected chi connectivity index (χ2v) is 11.2. The quantitative estimate of drug-likeness (QED) is 0.296. The van der Waals surface area contributed by atoms with Crippen LogP contribution in [0.5, 0.6) is 0 Å². The maximum atomic E-state index is 13.1. The van der Waals surface area contributed by atoms with Gasteiger partial charge in [0.2, 0.25) is 5.95 Å². The van der Waals surface area contributed by atoms with Crippen LogP contribution in [0.1, 0.15) is 62.7 Å². The minimum atomic E-state index is -4.59. The smallest absolute Gasteiger partial charge is 0.433 e. The van der Waals surface area contributed by atoms with Gasteiger partial charge in [-0.15, -0.1) is 11.3 Å². The van der Waals surface area contributed by atoms with E-state index in [-0.39, 0.29) is 12.4 Å². The summed E-state index contributed by atoms with van der Waals surface area (Å²) in [5, 5.41) is 24.4. The molecule has 1 aliphatic rings. The van der Waals surface area contributed by atoms with Crippen molar-refractivity contribution in [2.75, 3.05) is 5.32 Å². The molecule has 2 atom stereocenters. The number of carboxylic acids is 1. The lowest BCUT2D eigenvalue weighted by atomic mass is 9.63. The Morgan fingerprint density at radius 2 is 2.03 bits per heavy atom. The number of rotatable bonds is 7. The first-order chi connectivity index (χ1) is 17.8. The number of hydrogen-bond donors (Lipinski definition) is 3. The number of aromatic nitrogens is 3. The molecule has 11 heteroatoms. The molecule has 0 aliphatic heterocycles. The number of halogens is 3. The summed E-state index contributed by atoms with van der Waals surface area (Å²) in [6, 6.07) is 6.28. The van der Waals surface area contributed by atoms with Crippen molar-refractivity contribution in [3.63, 3.8) is 0 Å². The molecule has 3 N–H and O–H groups in total. The van der Waals surface area contributed by atoms with Crippen LogP contribution >= 0.6 is 11.3 Å². The van der Waals surface area contributed by atoms with Crippen LogP contribution in [0.4, 0.5) is 24.8 Å². The fourth-order valence-electron chi connectivity index (χ4n) is 4.92. The second-order valence-electron chi connectivity index (χ2n) is 10.2. The maximum absolute atomic E-state index is 13.1. The first kappa shape index (κ1) is 27.7. The van der Waals surface area contributed by atoms with Gasteiger partial charge in [-0.25, -0.2) is 15.0 Å². The summed E-state index contributed by atoms with van der Waals surface area (Å²) in [6.07, 6.45) is 3.69. The molecule has 202 valence electrons. The fraction of sp³-hybridized carbons (Fsp3) is 0.407. The number of nitrogens with one attached hydrogen (secondary N) is 1. The molecule has 1 saturated carbocycles. The van der Waals surface area contributed by atoms with E-state index >= 15 is 0 Å². The van der Waals surface area contributed by atoms with Crippen molar-refractivity contribution in [1.29, 1.82) is 0 Å². The van der Waals surface area contributed by atoms with Gasteiger partial charge in [-0.05, 0) is 66.5 Å². The predicted octanol–water partition coefficient (Wildman–Crippen LogP) is 6.88. The van der Waals surface area contributed by atoms with Gasteiger partial charge in [0.15, 0.2) is 0 Å². The molecule has 1 fully saturated rings. The van der Waals surface area contributed by atoms with E-state index in [1.807, 2.05) is 39.0 Å². The number of aliphatic carboxylic acids is 1. The third-order valence-corrected chi connectivity index (χ3v) is 7.97. The van der Waals surface area contributed by atoms with Crippen LogP contribution in [0.2, 0.25) is 0 Å². The van der Waals surface area contributed by atoms with Crippen molar-refractivity contribution in [2.45, 2.75) is 58.2 Å². The van der Waals surface area contributed by atoms with Crippen molar-refractivity contribution in [2.24, 2.45) is 11.3 Å². The van der Waals surface area contributed by atoms with E-state index in [2.05, 4.69) is 20.3 Å². The normalized spacial score (nSPS) is 21.5. The number of carbonyl (C=O) groups is 1. The number of benzene rings is 1. The molecule has 1 aliphatic carbocycles. The molecule has 0 amide bonds. The highest BCUT2D eigenvalue weighted by atomic mass is 32.1. The molecule has 3 aromatic rings. The topological polar surface area (TPSA) is 108 Å². The van der Waals surface area contributed by atoms with E-state index in [4.69, 9.17) is 0 Å². The predicted molar refractivity (Wildman–Crippen MR) is 140 cm³/mol. The summed E-state index contributed by atoms with van der Waals surface area (Å²) in [4.78, 5) is 24.4. The zero-order chi connectivity index (χ0) is 27.7. The summed E-state index contributed by atoms with van der Waals surface area (Å²) in [6.45, 7) is 5.69. The van der Waals surface area contributed by atoms with E-state index in [1.54, 1.807) is 18.3 Å². The lowest BCUT2D eigenvalue weighted by Gasteiger charge is -2.44. The van der Waals surface area contributed by atoms with E-state index in [0.29, 0.717) is 23.5 Å². The zero-order valence-electron chi connectivity index (χ0n) is 21.2. The van der Waals surface area contributed by atoms with Crippen molar-refractivity contribution in [3.05, 3.63) is 59.0 Å². The molecule has 2 heterocycles. The molecule has 0 spiro atoms. The SMILES string of the molecule is CCC=Cc1cc(Nc2nccc(C(F)(F)F)n2)cc(-c2cnc([C@@]3(O)CC[C@H](C(=O)O)C(C)(C)C3)s2)c1. The first-order valence-electron chi connectivity index (χ1n) is 12.2. The molecule has 0 saturated heterocycles. The average Bonchev–Trinajstić information content (AvgIpc) is 3.33. The molecule has 1 aromatic carbocycles. The number of hydrogen-bond acceptors (Lipinski definition) is 7. The summed E-state index contributed by atoms with van der Waals surface area (Å²) < 4.78 is 39.3. The Morgan fingerprint density at radius 1 is 1.26 bits per heavy atom. The van der Waals surface area contributed by atoms with Crippen molar-refractivity contribution in [1.82, 2.24) is 15.0 Å². The Morgan fingerprint density at radius 3 is 2.68 bits per heavy atom. The van der Waals surface area contributed by atoms with Gasteiger partial charge in [-0.2, -0.15) is 13.2 Å². The van der Waals surface area contributed by atoms with E-state index in [0.717, 1.165) is 34.7 Å². The van der Waals surface area contributed by atoms with E-state index in [9.17, 15) is 28.2 Å². The Labute approximate surface area is 222 Å². The average molecular weight is 547 g/mol. The van der Waals surface area contributed by atoms with Gasteiger partial charge in [0.05, 0.1) is 10.8 Å². The molecular weight excluding hydrogens is 517 g/mol. The lowest BCUT2D eigenvalue weighted by molar-refractivity contribution is -0.154. The number of carboxylic acid groups (broad SMARTS) is 1. The van der Waals surface area contributed by atoms with Crippen molar-refractivity contribution < 1.29 is 28.2 Å². The fourth-order valence-corrected chi connectivity index (χ4v) is 5.94. The van der Waals surface area contributed by atoms with Crippen LogP contribution in [0, 0.1) is 11.3 Å². The van der Waals surface area contributed by atoms with Crippen LogP contribution in [0.3, 0.4) is 0 Å². The largest absolute Gasteiger partial charge is 0.481 e. The highest BCUT2D eigenvalue weighted by Gasteiger charge is 2.49. The molecule has 4 rings (SSSR count). The van der Waals surface area contributed by atoms with Gasteiger partial charge >= 0.3 is 12.1 Å². The Hall–Kier alpha value is -3.31. The van der Waals surface area contributed by atoms with Crippen LogP contribution in [-0.4, -0.2) is 31.1 Å². The van der Waals surface area contributed by atoms with Crippen molar-refractivity contribution in [3.8, 4) is 10.4 Å². The van der Waals surface area contributed by atoms with Gasteiger partial charge in [-0.3, -0.25) is 4.79 Å². The van der Waals surface area contributed by atoms with E-state index < -0.39 is 34.8 Å². The van der Waals surface area contributed by atoms with Crippen LogP contribution in [0.25, 0.3) is 16.5 Å².